The molecule has 0 aliphatic rings. The quantitative estimate of drug-likeness (QED) is 0.382. The molecule has 3 aromatic rings. The Morgan fingerprint density at radius 3 is 2.67 bits per heavy atom. The van der Waals surface area contributed by atoms with Crippen molar-refractivity contribution in [1.29, 1.82) is 0 Å². The number of non-ortho nitro benzene ring substituents is 1. The van der Waals surface area contributed by atoms with Gasteiger partial charge in [-0.05, 0) is 36.8 Å². The third kappa shape index (κ3) is 3.58. The predicted octanol–water partition coefficient (Wildman–Crippen LogP) is 4.43. The first kappa shape index (κ1) is 16.5. The zero-order chi connectivity index (χ0) is 17.1. The molecule has 0 amide bonds. The molecular weight excluding hydrogens is 348 g/mol. The van der Waals surface area contributed by atoms with Crippen LogP contribution in [0.15, 0.2) is 53.7 Å². The van der Waals surface area contributed by atoms with Crippen molar-refractivity contribution in [2.45, 2.75) is 17.8 Å². The monoisotopic (exact) mass is 360 g/mol. The van der Waals surface area contributed by atoms with E-state index in [4.69, 9.17) is 11.6 Å². The summed E-state index contributed by atoms with van der Waals surface area (Å²) in [4.78, 5) is 10.5. The average Bonchev–Trinajstić information content (AvgIpc) is 2.95. The van der Waals surface area contributed by atoms with Crippen LogP contribution in [0.2, 0.25) is 5.02 Å². The normalized spacial score (nSPS) is 10.8. The van der Waals surface area contributed by atoms with Crippen LogP contribution in [0.4, 0.5) is 5.69 Å². The Morgan fingerprint density at radius 2 is 1.96 bits per heavy atom. The third-order valence-electron chi connectivity index (χ3n) is 3.37. The molecule has 0 atom stereocenters. The first-order chi connectivity index (χ1) is 11.5. The van der Waals surface area contributed by atoms with E-state index in [2.05, 4.69) is 10.2 Å². The van der Waals surface area contributed by atoms with E-state index in [1.807, 2.05) is 41.8 Å². The van der Waals surface area contributed by atoms with Gasteiger partial charge >= 0.3 is 0 Å². The minimum absolute atomic E-state index is 0.0865. The van der Waals surface area contributed by atoms with Crippen molar-refractivity contribution in [3.05, 3.63) is 75.1 Å². The number of thioether (sulfide) groups is 1. The van der Waals surface area contributed by atoms with Crippen LogP contribution < -0.4 is 0 Å². The fourth-order valence-electron chi connectivity index (χ4n) is 2.23. The smallest absolute Gasteiger partial charge is 0.269 e. The summed E-state index contributed by atoms with van der Waals surface area (Å²) < 4.78 is 1.93. The molecule has 0 saturated heterocycles. The number of hydrogen-bond acceptors (Lipinski definition) is 5. The van der Waals surface area contributed by atoms with Crippen molar-refractivity contribution in [1.82, 2.24) is 14.8 Å². The predicted molar refractivity (Wildman–Crippen MR) is 93.8 cm³/mol. The highest BCUT2D eigenvalue weighted by Gasteiger charge is 2.12. The maximum absolute atomic E-state index is 10.9. The fourth-order valence-corrected chi connectivity index (χ4v) is 3.30. The van der Waals surface area contributed by atoms with Crippen LogP contribution in [-0.2, 0) is 5.75 Å². The largest absolute Gasteiger partial charge is 0.274 e. The number of rotatable bonds is 5. The summed E-state index contributed by atoms with van der Waals surface area (Å²) in [6.07, 6.45) is 0. The average molecular weight is 361 g/mol. The molecule has 0 unspecified atom stereocenters. The van der Waals surface area contributed by atoms with E-state index in [0.29, 0.717) is 10.8 Å². The highest BCUT2D eigenvalue weighted by molar-refractivity contribution is 7.98. The number of halogens is 1. The van der Waals surface area contributed by atoms with Crippen molar-refractivity contribution < 1.29 is 4.92 Å². The Bertz CT molecular complexity index is 880. The number of nitro groups is 1. The maximum Gasteiger partial charge on any atom is 0.269 e. The lowest BCUT2D eigenvalue weighted by Crippen LogP contribution is -1.99. The molecule has 0 saturated carbocycles. The molecule has 0 fully saturated rings. The van der Waals surface area contributed by atoms with Crippen LogP contribution >= 0.6 is 23.4 Å². The van der Waals surface area contributed by atoms with Crippen LogP contribution in [0, 0.1) is 17.0 Å². The van der Waals surface area contributed by atoms with Gasteiger partial charge in [0.2, 0.25) is 0 Å². The Hall–Kier alpha value is -2.38. The van der Waals surface area contributed by atoms with Gasteiger partial charge in [0.1, 0.15) is 5.82 Å². The van der Waals surface area contributed by atoms with E-state index in [1.165, 1.54) is 17.8 Å². The fraction of sp³-hybridized carbons (Fsp3) is 0.125. The summed E-state index contributed by atoms with van der Waals surface area (Å²) in [6, 6.07) is 14.0. The Morgan fingerprint density at radius 1 is 1.21 bits per heavy atom. The Kier molecular flexibility index (Phi) is 4.82. The molecule has 24 heavy (non-hydrogen) atoms. The number of aromatic nitrogens is 3. The number of benzene rings is 2. The molecule has 0 aliphatic carbocycles. The van der Waals surface area contributed by atoms with E-state index in [-0.39, 0.29) is 5.69 Å². The van der Waals surface area contributed by atoms with Crippen molar-refractivity contribution >= 4 is 29.1 Å². The van der Waals surface area contributed by atoms with E-state index in [9.17, 15) is 10.1 Å². The lowest BCUT2D eigenvalue weighted by atomic mass is 10.2. The van der Waals surface area contributed by atoms with Gasteiger partial charge in [-0.25, -0.2) is 0 Å². The Labute approximate surface area is 147 Å². The molecule has 1 heterocycles. The van der Waals surface area contributed by atoms with Gasteiger partial charge in [0.05, 0.1) is 4.92 Å². The highest BCUT2D eigenvalue weighted by atomic mass is 35.5. The molecule has 6 nitrogen and oxygen atoms in total. The zero-order valence-corrected chi connectivity index (χ0v) is 14.3. The second-order valence-corrected chi connectivity index (χ2v) is 6.44. The van der Waals surface area contributed by atoms with E-state index < -0.39 is 4.92 Å². The van der Waals surface area contributed by atoms with Gasteiger partial charge in [-0.2, -0.15) is 0 Å². The SMILES string of the molecule is Cc1nnc(SCc2cccc([N+](=O)[O-])c2)n1-c1ccc(Cl)cc1. The van der Waals surface area contributed by atoms with Gasteiger partial charge in [0, 0.05) is 28.6 Å². The van der Waals surface area contributed by atoms with Gasteiger partial charge in [0.25, 0.3) is 5.69 Å². The molecule has 0 bridgehead atoms. The summed E-state index contributed by atoms with van der Waals surface area (Å²) in [5, 5.41) is 20.6. The van der Waals surface area contributed by atoms with Gasteiger partial charge in [-0.1, -0.05) is 35.5 Å². The minimum Gasteiger partial charge on any atom is -0.274 e. The molecule has 0 aliphatic heterocycles. The van der Waals surface area contributed by atoms with Crippen molar-refractivity contribution in [3.63, 3.8) is 0 Å². The molecule has 1 aromatic heterocycles. The van der Waals surface area contributed by atoms with Gasteiger partial charge < -0.3 is 0 Å². The maximum atomic E-state index is 10.9. The molecule has 122 valence electrons. The Balaban J connectivity index is 1.83. The number of nitrogens with zero attached hydrogens (tertiary/aromatic N) is 4. The molecule has 0 N–H and O–H groups in total. The summed E-state index contributed by atoms with van der Waals surface area (Å²) >= 11 is 7.41. The van der Waals surface area contributed by atoms with Gasteiger partial charge in [-0.15, -0.1) is 10.2 Å². The van der Waals surface area contributed by atoms with Gasteiger partial charge in [-0.3, -0.25) is 14.7 Å². The van der Waals surface area contributed by atoms with Crippen molar-refractivity contribution in [2.24, 2.45) is 0 Å². The minimum atomic E-state index is -0.394. The zero-order valence-electron chi connectivity index (χ0n) is 12.7. The van der Waals surface area contributed by atoms with Gasteiger partial charge in [0.15, 0.2) is 5.16 Å². The first-order valence-electron chi connectivity index (χ1n) is 7.08. The second-order valence-electron chi connectivity index (χ2n) is 5.06. The van der Waals surface area contributed by atoms with Crippen LogP contribution in [0.3, 0.4) is 0 Å². The van der Waals surface area contributed by atoms with E-state index >= 15 is 0 Å². The van der Waals surface area contributed by atoms with E-state index in [1.54, 1.807) is 12.1 Å². The molecular formula is C16H13ClN4O2S. The second kappa shape index (κ2) is 7.02. The number of aryl methyl sites for hydroxylation is 1. The van der Waals surface area contributed by atoms with Crippen molar-refractivity contribution in [2.75, 3.05) is 0 Å². The third-order valence-corrected chi connectivity index (χ3v) is 4.62. The summed E-state index contributed by atoms with van der Waals surface area (Å²) in [5.74, 6) is 1.33. The summed E-state index contributed by atoms with van der Waals surface area (Å²) in [6.45, 7) is 1.87. The first-order valence-corrected chi connectivity index (χ1v) is 8.45. The van der Waals surface area contributed by atoms with Crippen LogP contribution in [-0.4, -0.2) is 19.7 Å². The molecule has 2 aromatic carbocycles. The molecule has 0 radical (unpaired) electrons. The molecule has 0 spiro atoms. The summed E-state index contributed by atoms with van der Waals surface area (Å²) in [5.41, 5.74) is 1.87. The standard InChI is InChI=1S/C16H13ClN4O2S/c1-11-18-19-16(20(11)14-7-5-13(17)6-8-14)24-10-12-3-2-4-15(9-12)21(22)23/h2-9H,10H2,1H3. The summed E-state index contributed by atoms with van der Waals surface area (Å²) in [7, 11) is 0. The topological polar surface area (TPSA) is 73.8 Å². The van der Waals surface area contributed by atoms with Crippen LogP contribution in [0.1, 0.15) is 11.4 Å². The number of hydrogen-bond donors (Lipinski definition) is 0. The van der Waals surface area contributed by atoms with Crippen LogP contribution in [0.25, 0.3) is 5.69 Å². The molecule has 3 rings (SSSR count). The lowest BCUT2D eigenvalue weighted by Gasteiger charge is -2.08. The number of nitro benzene ring substituents is 1. The van der Waals surface area contributed by atoms with Crippen LogP contribution in [0.5, 0.6) is 0 Å². The lowest BCUT2D eigenvalue weighted by molar-refractivity contribution is -0.384. The van der Waals surface area contributed by atoms with Crippen molar-refractivity contribution in [3.8, 4) is 5.69 Å². The molecule has 8 heteroatoms. The highest BCUT2D eigenvalue weighted by Crippen LogP contribution is 2.26. The van der Waals surface area contributed by atoms with E-state index in [0.717, 1.165) is 22.2 Å².